The fourth-order valence-corrected chi connectivity index (χ4v) is 2.10. The highest BCUT2D eigenvalue weighted by molar-refractivity contribution is 5.94. The molecule has 5 nitrogen and oxygen atoms in total. The minimum atomic E-state index is -1.01. The van der Waals surface area contributed by atoms with Gasteiger partial charge in [-0.15, -0.1) is 0 Å². The number of rotatable bonds is 5. The summed E-state index contributed by atoms with van der Waals surface area (Å²) in [7, 11) is 1.75. The second-order valence-electron chi connectivity index (χ2n) is 4.85. The van der Waals surface area contributed by atoms with Gasteiger partial charge in [0.2, 0.25) is 0 Å². The average molecular weight is 278 g/mol. The van der Waals surface area contributed by atoms with Gasteiger partial charge >= 0.3 is 12.0 Å². The van der Waals surface area contributed by atoms with Crippen LogP contribution in [0.15, 0.2) is 18.2 Å². The van der Waals surface area contributed by atoms with E-state index in [1.54, 1.807) is 18.0 Å². The molecule has 0 aliphatic rings. The second kappa shape index (κ2) is 6.93. The minimum absolute atomic E-state index is 0.163. The summed E-state index contributed by atoms with van der Waals surface area (Å²) < 4.78 is 0. The summed E-state index contributed by atoms with van der Waals surface area (Å²) in [5.41, 5.74) is 1.53. The Morgan fingerprint density at radius 2 is 1.90 bits per heavy atom. The van der Waals surface area contributed by atoms with Crippen LogP contribution in [0.3, 0.4) is 0 Å². The number of carboxylic acids is 1. The maximum atomic E-state index is 12.2. The van der Waals surface area contributed by atoms with E-state index in [9.17, 15) is 9.59 Å². The van der Waals surface area contributed by atoms with Crippen molar-refractivity contribution in [2.24, 2.45) is 0 Å². The zero-order valence-electron chi connectivity index (χ0n) is 12.4. The van der Waals surface area contributed by atoms with Gasteiger partial charge in [-0.3, -0.25) is 0 Å². The minimum Gasteiger partial charge on any atom is -0.478 e. The molecular formula is C15H22N2O3. The largest absolute Gasteiger partial charge is 0.478 e. The van der Waals surface area contributed by atoms with Gasteiger partial charge in [0, 0.05) is 18.8 Å². The summed E-state index contributed by atoms with van der Waals surface area (Å²) in [6.07, 6.45) is 1.77. The zero-order valence-corrected chi connectivity index (χ0v) is 12.4. The van der Waals surface area contributed by atoms with Gasteiger partial charge < -0.3 is 15.3 Å². The highest BCUT2D eigenvalue weighted by Crippen LogP contribution is 2.18. The number of hydrogen-bond donors (Lipinski definition) is 2. The molecule has 0 atom stereocenters. The maximum Gasteiger partial charge on any atom is 0.335 e. The number of nitrogens with zero attached hydrogens (tertiary/aromatic N) is 1. The van der Waals surface area contributed by atoms with Gasteiger partial charge in [0.25, 0.3) is 0 Å². The summed E-state index contributed by atoms with van der Waals surface area (Å²) in [6.45, 7) is 5.90. The van der Waals surface area contributed by atoms with Crippen LogP contribution in [-0.2, 0) is 0 Å². The Bertz CT molecular complexity index is 496. The summed E-state index contributed by atoms with van der Waals surface area (Å²) in [6, 6.07) is 4.66. The summed E-state index contributed by atoms with van der Waals surface area (Å²) in [5.74, 6) is -1.01. The van der Waals surface area contributed by atoms with Crippen molar-refractivity contribution in [2.45, 2.75) is 39.7 Å². The molecule has 1 aromatic rings. The second-order valence-corrected chi connectivity index (χ2v) is 4.85. The van der Waals surface area contributed by atoms with Crippen LogP contribution in [0.4, 0.5) is 10.5 Å². The number of amides is 2. The SMILES string of the molecule is CCC(CC)N(C)C(=O)Nc1cc(C(=O)O)ccc1C. The molecule has 0 saturated carbocycles. The number of urea groups is 1. The van der Waals surface area contributed by atoms with Gasteiger partial charge in [-0.25, -0.2) is 9.59 Å². The molecule has 0 fully saturated rings. The molecule has 0 spiro atoms. The molecule has 0 aliphatic carbocycles. The maximum absolute atomic E-state index is 12.2. The Hall–Kier alpha value is -2.04. The average Bonchev–Trinajstić information content (AvgIpc) is 2.42. The fourth-order valence-electron chi connectivity index (χ4n) is 2.10. The lowest BCUT2D eigenvalue weighted by molar-refractivity contribution is 0.0697. The number of carboxylic acid groups (broad SMARTS) is 1. The van der Waals surface area contributed by atoms with Crippen molar-refractivity contribution < 1.29 is 14.7 Å². The molecule has 0 aromatic heterocycles. The predicted molar refractivity (Wildman–Crippen MR) is 79.3 cm³/mol. The molecule has 0 heterocycles. The molecule has 1 rings (SSSR count). The number of aryl methyl sites for hydroxylation is 1. The van der Waals surface area contributed by atoms with Crippen LogP contribution < -0.4 is 5.32 Å². The predicted octanol–water partition coefficient (Wildman–Crippen LogP) is 3.35. The molecule has 0 aliphatic heterocycles. The third kappa shape index (κ3) is 3.73. The molecule has 0 radical (unpaired) electrons. The molecule has 110 valence electrons. The monoisotopic (exact) mass is 278 g/mol. The topological polar surface area (TPSA) is 69.6 Å². The van der Waals surface area contributed by atoms with E-state index in [1.807, 2.05) is 20.8 Å². The van der Waals surface area contributed by atoms with E-state index in [0.717, 1.165) is 18.4 Å². The smallest absolute Gasteiger partial charge is 0.335 e. The highest BCUT2D eigenvalue weighted by atomic mass is 16.4. The van der Waals surface area contributed by atoms with Gasteiger partial charge in [-0.1, -0.05) is 19.9 Å². The number of anilines is 1. The number of aromatic carboxylic acids is 1. The third-order valence-corrected chi connectivity index (χ3v) is 3.54. The lowest BCUT2D eigenvalue weighted by Crippen LogP contribution is -2.39. The van der Waals surface area contributed by atoms with E-state index in [1.165, 1.54) is 12.1 Å². The standard InChI is InChI=1S/C15H22N2O3/c1-5-12(6-2)17(4)15(20)16-13-9-11(14(18)19)8-7-10(13)3/h7-9,12H,5-6H2,1-4H3,(H,16,20)(H,18,19). The van der Waals surface area contributed by atoms with Gasteiger partial charge in [0.15, 0.2) is 0 Å². The third-order valence-electron chi connectivity index (χ3n) is 3.54. The van der Waals surface area contributed by atoms with Crippen molar-refractivity contribution in [1.82, 2.24) is 4.90 Å². The van der Waals surface area contributed by atoms with E-state index in [-0.39, 0.29) is 17.6 Å². The normalized spacial score (nSPS) is 10.4. The van der Waals surface area contributed by atoms with E-state index < -0.39 is 5.97 Å². The van der Waals surface area contributed by atoms with Crippen LogP contribution >= 0.6 is 0 Å². The molecule has 0 saturated heterocycles. The van der Waals surface area contributed by atoms with Crippen molar-refractivity contribution in [3.05, 3.63) is 29.3 Å². The Morgan fingerprint density at radius 3 is 2.40 bits per heavy atom. The van der Waals surface area contributed by atoms with Crippen molar-refractivity contribution >= 4 is 17.7 Å². The van der Waals surface area contributed by atoms with Gasteiger partial charge in [0.05, 0.1) is 5.56 Å². The Balaban J connectivity index is 2.90. The van der Waals surface area contributed by atoms with Gasteiger partial charge in [-0.2, -0.15) is 0 Å². The van der Waals surface area contributed by atoms with Crippen LogP contribution in [0.2, 0.25) is 0 Å². The number of hydrogen-bond acceptors (Lipinski definition) is 2. The number of carbonyl (C=O) groups is 2. The molecule has 0 unspecified atom stereocenters. The fraction of sp³-hybridized carbons (Fsp3) is 0.467. The summed E-state index contributed by atoms with van der Waals surface area (Å²) in [5, 5.41) is 11.8. The molecule has 0 bridgehead atoms. The van der Waals surface area contributed by atoms with E-state index in [2.05, 4.69) is 5.32 Å². The van der Waals surface area contributed by atoms with E-state index >= 15 is 0 Å². The van der Waals surface area contributed by atoms with Crippen molar-refractivity contribution in [3.63, 3.8) is 0 Å². The van der Waals surface area contributed by atoms with E-state index in [0.29, 0.717) is 5.69 Å². The Kier molecular flexibility index (Phi) is 5.55. The number of carbonyl (C=O) groups excluding carboxylic acids is 1. The van der Waals surface area contributed by atoms with Gasteiger partial charge in [-0.05, 0) is 37.5 Å². The molecule has 2 N–H and O–H groups in total. The highest BCUT2D eigenvalue weighted by Gasteiger charge is 2.17. The van der Waals surface area contributed by atoms with Crippen molar-refractivity contribution in [2.75, 3.05) is 12.4 Å². The zero-order chi connectivity index (χ0) is 15.3. The van der Waals surface area contributed by atoms with Crippen LogP contribution in [0.5, 0.6) is 0 Å². The van der Waals surface area contributed by atoms with Crippen molar-refractivity contribution in [1.29, 1.82) is 0 Å². The summed E-state index contributed by atoms with van der Waals surface area (Å²) in [4.78, 5) is 24.8. The van der Waals surface area contributed by atoms with Crippen LogP contribution in [0.25, 0.3) is 0 Å². The van der Waals surface area contributed by atoms with Crippen LogP contribution in [-0.4, -0.2) is 35.1 Å². The molecule has 5 heteroatoms. The van der Waals surface area contributed by atoms with Gasteiger partial charge in [0.1, 0.15) is 0 Å². The first kappa shape index (κ1) is 16.0. The van der Waals surface area contributed by atoms with Crippen LogP contribution in [0.1, 0.15) is 42.6 Å². The Morgan fingerprint density at radius 1 is 1.30 bits per heavy atom. The molecular weight excluding hydrogens is 256 g/mol. The quantitative estimate of drug-likeness (QED) is 0.867. The van der Waals surface area contributed by atoms with Crippen LogP contribution in [0, 0.1) is 6.92 Å². The van der Waals surface area contributed by atoms with E-state index in [4.69, 9.17) is 5.11 Å². The Labute approximate surface area is 119 Å². The first-order valence-corrected chi connectivity index (χ1v) is 6.78. The lowest BCUT2D eigenvalue weighted by atomic mass is 10.1. The first-order valence-electron chi connectivity index (χ1n) is 6.78. The lowest BCUT2D eigenvalue weighted by Gasteiger charge is -2.26. The number of nitrogens with one attached hydrogen (secondary N) is 1. The molecule has 1 aromatic carbocycles. The summed E-state index contributed by atoms with van der Waals surface area (Å²) >= 11 is 0. The molecule has 2 amide bonds. The number of benzene rings is 1. The van der Waals surface area contributed by atoms with Crippen molar-refractivity contribution in [3.8, 4) is 0 Å². The first-order chi connectivity index (χ1) is 9.40. The molecule has 20 heavy (non-hydrogen) atoms.